The number of nitrogens with zero attached hydrogens (tertiary/aromatic N) is 1. The fourth-order valence-corrected chi connectivity index (χ4v) is 1.88. The molecule has 1 aromatic carbocycles. The van der Waals surface area contributed by atoms with Crippen LogP contribution in [-0.4, -0.2) is 48.0 Å². The maximum Gasteiger partial charge on any atom is 0.341 e. The Hall–Kier alpha value is -1.59. The van der Waals surface area contributed by atoms with Gasteiger partial charge in [-0.2, -0.15) is 0 Å². The van der Waals surface area contributed by atoms with Crippen molar-refractivity contribution in [3.05, 3.63) is 29.3 Å². The highest BCUT2D eigenvalue weighted by molar-refractivity contribution is 6.02. The average molecular weight is 316 g/mol. The Kier molecular flexibility index (Phi) is 8.66. The van der Waals surface area contributed by atoms with E-state index in [9.17, 15) is 14.7 Å². The molecule has 0 bridgehead atoms. The molecule has 1 aromatic rings. The van der Waals surface area contributed by atoms with Crippen LogP contribution in [0.2, 0.25) is 0 Å². The zero-order valence-corrected chi connectivity index (χ0v) is 13.4. The minimum absolute atomic E-state index is 0. The van der Waals surface area contributed by atoms with E-state index in [1.807, 2.05) is 13.8 Å². The fourth-order valence-electron chi connectivity index (χ4n) is 1.88. The zero-order valence-electron chi connectivity index (χ0n) is 12.6. The minimum atomic E-state index is -0.613. The third-order valence-electron chi connectivity index (χ3n) is 3.17. The number of phenolic OH excluding ortho intramolecular Hbond substituents is 1. The van der Waals surface area contributed by atoms with Gasteiger partial charge in [-0.1, -0.05) is 19.9 Å². The summed E-state index contributed by atoms with van der Waals surface area (Å²) in [6.07, 6.45) is 0. The molecule has 0 amide bonds. The van der Waals surface area contributed by atoms with Gasteiger partial charge in [0.15, 0.2) is 5.78 Å². The number of benzene rings is 1. The molecule has 0 saturated carbocycles. The summed E-state index contributed by atoms with van der Waals surface area (Å²) in [4.78, 5) is 25.3. The van der Waals surface area contributed by atoms with E-state index in [-0.39, 0.29) is 41.7 Å². The molecule has 0 fully saturated rings. The van der Waals surface area contributed by atoms with Crippen molar-refractivity contribution in [2.75, 3.05) is 26.2 Å². The number of rotatable bonds is 7. The van der Waals surface area contributed by atoms with Gasteiger partial charge in [0.1, 0.15) is 17.9 Å². The van der Waals surface area contributed by atoms with Crippen molar-refractivity contribution in [2.24, 2.45) is 0 Å². The summed E-state index contributed by atoms with van der Waals surface area (Å²) < 4.78 is 5.13. The Balaban J connectivity index is 0.00000400. The van der Waals surface area contributed by atoms with Crippen molar-refractivity contribution in [1.29, 1.82) is 0 Å². The number of hydrogen-bond acceptors (Lipinski definition) is 5. The Bertz CT molecular complexity index is 487. The van der Waals surface area contributed by atoms with Gasteiger partial charge < -0.3 is 14.7 Å². The number of aromatic hydroxyl groups is 1. The number of halogens is 1. The first-order valence-electron chi connectivity index (χ1n) is 6.73. The van der Waals surface area contributed by atoms with Crippen LogP contribution in [0.4, 0.5) is 0 Å². The molecule has 0 spiro atoms. The molecule has 0 unspecified atom stereocenters. The molecule has 5 nitrogen and oxygen atoms in total. The van der Waals surface area contributed by atoms with Gasteiger partial charge in [0.25, 0.3) is 0 Å². The van der Waals surface area contributed by atoms with Crippen molar-refractivity contribution >= 4 is 24.2 Å². The molecule has 6 heteroatoms. The van der Waals surface area contributed by atoms with E-state index in [0.29, 0.717) is 6.54 Å². The number of hydrogen-bond donors (Lipinski definition) is 1. The molecule has 1 rings (SSSR count). The highest BCUT2D eigenvalue weighted by Gasteiger charge is 2.17. The van der Waals surface area contributed by atoms with E-state index >= 15 is 0 Å². The van der Waals surface area contributed by atoms with Crippen LogP contribution < -0.4 is 0 Å². The van der Waals surface area contributed by atoms with Crippen molar-refractivity contribution in [3.63, 3.8) is 0 Å². The summed E-state index contributed by atoms with van der Waals surface area (Å²) >= 11 is 0. The lowest BCUT2D eigenvalue weighted by molar-refractivity contribution is 0.0463. The maximum atomic E-state index is 11.9. The first-order chi connectivity index (χ1) is 9.51. The van der Waals surface area contributed by atoms with Crippen LogP contribution in [0.25, 0.3) is 0 Å². The lowest BCUT2D eigenvalue weighted by atomic mass is 10.1. The molecule has 0 heterocycles. The molecular formula is C15H22ClNO4. The third-order valence-corrected chi connectivity index (χ3v) is 3.17. The van der Waals surface area contributed by atoms with E-state index in [1.165, 1.54) is 19.1 Å². The molecule has 0 aliphatic heterocycles. The first kappa shape index (κ1) is 19.4. The van der Waals surface area contributed by atoms with Gasteiger partial charge in [-0.05, 0) is 32.1 Å². The molecule has 0 atom stereocenters. The SMILES string of the molecule is CCN(CC)CCOC(=O)c1cccc(C(C)=O)c1O.Cl. The van der Waals surface area contributed by atoms with Crippen LogP contribution in [0, 0.1) is 0 Å². The van der Waals surface area contributed by atoms with Crippen LogP contribution >= 0.6 is 12.4 Å². The highest BCUT2D eigenvalue weighted by Crippen LogP contribution is 2.23. The molecule has 0 aliphatic rings. The number of ketones is 1. The van der Waals surface area contributed by atoms with Gasteiger partial charge in [-0.3, -0.25) is 4.79 Å². The summed E-state index contributed by atoms with van der Waals surface area (Å²) in [6.45, 7) is 8.08. The predicted molar refractivity (Wildman–Crippen MR) is 83.4 cm³/mol. The number of para-hydroxylation sites is 1. The van der Waals surface area contributed by atoms with E-state index < -0.39 is 5.97 Å². The zero-order chi connectivity index (χ0) is 15.1. The molecular weight excluding hydrogens is 294 g/mol. The molecule has 0 aliphatic carbocycles. The van der Waals surface area contributed by atoms with Gasteiger partial charge >= 0.3 is 5.97 Å². The third kappa shape index (κ3) is 5.36. The van der Waals surface area contributed by atoms with Gasteiger partial charge in [0, 0.05) is 6.54 Å². The van der Waals surface area contributed by atoms with Gasteiger partial charge in [-0.25, -0.2) is 4.79 Å². The monoisotopic (exact) mass is 315 g/mol. The smallest absolute Gasteiger partial charge is 0.341 e. The van der Waals surface area contributed by atoms with Crippen molar-refractivity contribution in [2.45, 2.75) is 20.8 Å². The van der Waals surface area contributed by atoms with Crippen LogP contribution in [0.1, 0.15) is 41.5 Å². The highest BCUT2D eigenvalue weighted by atomic mass is 35.5. The van der Waals surface area contributed by atoms with E-state index in [0.717, 1.165) is 13.1 Å². The predicted octanol–water partition coefficient (Wildman–Crippen LogP) is 2.52. The normalized spacial score (nSPS) is 10.1. The van der Waals surface area contributed by atoms with Crippen molar-refractivity contribution in [3.8, 4) is 5.75 Å². The quantitative estimate of drug-likeness (QED) is 0.618. The fraction of sp³-hybridized carbons (Fsp3) is 0.467. The van der Waals surface area contributed by atoms with Crippen molar-refractivity contribution < 1.29 is 19.4 Å². The summed E-state index contributed by atoms with van der Waals surface area (Å²) in [6, 6.07) is 4.48. The Labute approximate surface area is 131 Å². The largest absolute Gasteiger partial charge is 0.506 e. The van der Waals surface area contributed by atoms with E-state index in [2.05, 4.69) is 4.90 Å². The van der Waals surface area contributed by atoms with Crippen LogP contribution in [0.3, 0.4) is 0 Å². The van der Waals surface area contributed by atoms with Gasteiger partial charge in [0.05, 0.1) is 5.56 Å². The van der Waals surface area contributed by atoms with E-state index in [1.54, 1.807) is 6.07 Å². The summed E-state index contributed by atoms with van der Waals surface area (Å²) in [7, 11) is 0. The summed E-state index contributed by atoms with van der Waals surface area (Å²) in [5.41, 5.74) is 0.153. The molecule has 0 aromatic heterocycles. The topological polar surface area (TPSA) is 66.8 Å². The maximum absolute atomic E-state index is 11.9. The second-order valence-corrected chi connectivity index (χ2v) is 4.42. The van der Waals surface area contributed by atoms with Crippen LogP contribution in [0.5, 0.6) is 5.75 Å². The number of Topliss-reactive ketones (excluding diaryl/α,β-unsaturated/α-hetero) is 1. The van der Waals surface area contributed by atoms with E-state index in [4.69, 9.17) is 4.74 Å². The molecule has 118 valence electrons. The number of ether oxygens (including phenoxy) is 1. The summed E-state index contributed by atoms with van der Waals surface area (Å²) in [5, 5.41) is 9.90. The number of likely N-dealkylation sites (N-methyl/N-ethyl adjacent to an activating group) is 1. The molecule has 21 heavy (non-hydrogen) atoms. The lowest BCUT2D eigenvalue weighted by Crippen LogP contribution is -2.27. The second kappa shape index (κ2) is 9.37. The minimum Gasteiger partial charge on any atom is -0.506 e. The first-order valence-corrected chi connectivity index (χ1v) is 6.73. The average Bonchev–Trinajstić information content (AvgIpc) is 2.43. The Morgan fingerprint density at radius 2 is 1.76 bits per heavy atom. The van der Waals surface area contributed by atoms with Crippen molar-refractivity contribution in [1.82, 2.24) is 4.90 Å². The lowest BCUT2D eigenvalue weighted by Gasteiger charge is -2.17. The number of carbonyl (C=O) groups is 2. The van der Waals surface area contributed by atoms with Gasteiger partial charge in [0.2, 0.25) is 0 Å². The molecule has 0 radical (unpaired) electrons. The molecule has 0 saturated heterocycles. The van der Waals surface area contributed by atoms with Gasteiger partial charge in [-0.15, -0.1) is 12.4 Å². The van der Waals surface area contributed by atoms with Crippen LogP contribution in [0.15, 0.2) is 18.2 Å². The Morgan fingerprint density at radius 1 is 1.19 bits per heavy atom. The van der Waals surface area contributed by atoms with Crippen LogP contribution in [-0.2, 0) is 4.74 Å². The Morgan fingerprint density at radius 3 is 2.29 bits per heavy atom. The number of esters is 1. The standard InChI is InChI=1S/C15H21NO4.ClH/c1-4-16(5-2)9-10-20-15(19)13-8-6-7-12(11(3)17)14(13)18;/h6-8,18H,4-5,9-10H2,1-3H3;1H. The molecule has 1 N–H and O–H groups in total. The summed E-state index contributed by atoms with van der Waals surface area (Å²) in [5.74, 6) is -1.22. The number of carbonyl (C=O) groups excluding carboxylic acids is 2. The second-order valence-electron chi connectivity index (χ2n) is 4.42. The number of phenols is 1.